The summed E-state index contributed by atoms with van der Waals surface area (Å²) in [6.45, 7) is 11.1. The molecule has 0 bridgehead atoms. The molecule has 0 amide bonds. The Bertz CT molecular complexity index is 127. The van der Waals surface area contributed by atoms with Crippen molar-refractivity contribution < 1.29 is 0 Å². The molecule has 0 saturated heterocycles. The summed E-state index contributed by atoms with van der Waals surface area (Å²) in [5.41, 5.74) is 0.534. The van der Waals surface area contributed by atoms with Crippen LogP contribution in [0.5, 0.6) is 0 Å². The number of nitrogens with zero attached hydrogens (tertiary/aromatic N) is 1. The Kier molecular flexibility index (Phi) is 4.98. The van der Waals surface area contributed by atoms with Crippen LogP contribution in [0, 0.1) is 11.3 Å². The smallest absolute Gasteiger partial charge is 0.00948 e. The molecule has 0 spiro atoms. The van der Waals surface area contributed by atoms with Gasteiger partial charge in [-0.2, -0.15) is 0 Å². The summed E-state index contributed by atoms with van der Waals surface area (Å²) < 4.78 is 0. The second kappa shape index (κ2) is 4.99. The average Bonchev–Trinajstić information content (AvgIpc) is 1.83. The van der Waals surface area contributed by atoms with E-state index in [9.17, 15) is 0 Å². The van der Waals surface area contributed by atoms with Gasteiger partial charge in [0.15, 0.2) is 0 Å². The Hall–Kier alpha value is -0.0400. The summed E-state index contributed by atoms with van der Waals surface area (Å²) in [5.74, 6) is 0.954. The van der Waals surface area contributed by atoms with Crippen LogP contribution < -0.4 is 0 Å². The Balaban J connectivity index is 0.000000671. The topological polar surface area (TPSA) is 3.24 Å². The van der Waals surface area contributed by atoms with Crippen molar-refractivity contribution in [3.05, 3.63) is 0 Å². The van der Waals surface area contributed by atoms with Gasteiger partial charge in [-0.05, 0) is 38.3 Å². The van der Waals surface area contributed by atoms with Crippen LogP contribution in [0.2, 0.25) is 0 Å². The molecule has 0 aliphatic heterocycles. The van der Waals surface area contributed by atoms with Gasteiger partial charge in [-0.3, -0.25) is 0 Å². The molecule has 13 heavy (non-hydrogen) atoms. The lowest BCUT2D eigenvalue weighted by Gasteiger charge is -2.46. The van der Waals surface area contributed by atoms with Gasteiger partial charge in [0.1, 0.15) is 0 Å². The third kappa shape index (κ3) is 3.68. The van der Waals surface area contributed by atoms with E-state index < -0.39 is 0 Å². The van der Waals surface area contributed by atoms with Gasteiger partial charge in [-0.15, -0.1) is 0 Å². The standard InChI is InChI=1S/C10H21N.C2H6/c1-10(2,3)8-6-9(7-8)11(4)5;1-2/h8-9H,6-7H2,1-5H3;1-2H3. The molecule has 0 atom stereocenters. The maximum absolute atomic E-state index is 2.35. The summed E-state index contributed by atoms with van der Waals surface area (Å²) in [6, 6.07) is 0.860. The SMILES string of the molecule is CC.CN(C)C1CC(C(C)(C)C)C1. The third-order valence-electron chi connectivity index (χ3n) is 3.07. The van der Waals surface area contributed by atoms with Gasteiger partial charge in [-0.1, -0.05) is 34.6 Å². The van der Waals surface area contributed by atoms with E-state index >= 15 is 0 Å². The minimum Gasteiger partial charge on any atom is -0.306 e. The molecule has 80 valence electrons. The zero-order valence-corrected chi connectivity index (χ0v) is 10.5. The average molecular weight is 185 g/mol. The second-order valence-electron chi connectivity index (χ2n) is 5.15. The van der Waals surface area contributed by atoms with Gasteiger partial charge in [0.05, 0.1) is 0 Å². The molecule has 1 fully saturated rings. The molecule has 1 aliphatic carbocycles. The van der Waals surface area contributed by atoms with E-state index in [1.165, 1.54) is 12.8 Å². The van der Waals surface area contributed by atoms with Crippen LogP contribution in [0.25, 0.3) is 0 Å². The molecule has 1 rings (SSSR count). The molecule has 1 aliphatic rings. The molecule has 1 nitrogen and oxygen atoms in total. The number of rotatable bonds is 1. The van der Waals surface area contributed by atoms with Crippen LogP contribution in [0.4, 0.5) is 0 Å². The molecule has 0 heterocycles. The van der Waals surface area contributed by atoms with Crippen molar-refractivity contribution in [3.63, 3.8) is 0 Å². The molecular weight excluding hydrogens is 158 g/mol. The highest BCUT2D eigenvalue weighted by Crippen LogP contribution is 2.42. The molecule has 0 unspecified atom stereocenters. The van der Waals surface area contributed by atoms with Gasteiger partial charge in [0.25, 0.3) is 0 Å². The van der Waals surface area contributed by atoms with E-state index in [2.05, 4.69) is 39.8 Å². The second-order valence-corrected chi connectivity index (χ2v) is 5.15. The molecule has 0 radical (unpaired) electrons. The van der Waals surface area contributed by atoms with Crippen molar-refractivity contribution in [2.75, 3.05) is 14.1 Å². The third-order valence-corrected chi connectivity index (χ3v) is 3.07. The molecule has 0 aromatic rings. The first-order chi connectivity index (χ1) is 5.91. The van der Waals surface area contributed by atoms with Gasteiger partial charge in [-0.25, -0.2) is 0 Å². The first kappa shape index (κ1) is 13.0. The van der Waals surface area contributed by atoms with Crippen molar-refractivity contribution in [2.24, 2.45) is 11.3 Å². The van der Waals surface area contributed by atoms with Crippen LogP contribution in [0.15, 0.2) is 0 Å². The summed E-state index contributed by atoms with van der Waals surface area (Å²) in [5, 5.41) is 0. The lowest BCUT2D eigenvalue weighted by molar-refractivity contribution is 0.0468. The Labute approximate surface area is 84.5 Å². The molecule has 1 saturated carbocycles. The molecule has 0 aromatic heterocycles. The van der Waals surface area contributed by atoms with Crippen LogP contribution in [0.3, 0.4) is 0 Å². The minimum atomic E-state index is 0.534. The van der Waals surface area contributed by atoms with Crippen LogP contribution in [-0.2, 0) is 0 Å². The van der Waals surface area contributed by atoms with E-state index in [0.717, 1.165) is 12.0 Å². The first-order valence-corrected chi connectivity index (χ1v) is 5.57. The zero-order chi connectivity index (χ0) is 10.6. The Morgan fingerprint density at radius 2 is 1.38 bits per heavy atom. The maximum atomic E-state index is 2.35. The monoisotopic (exact) mass is 185 g/mol. The van der Waals surface area contributed by atoms with E-state index in [0.29, 0.717) is 5.41 Å². The fourth-order valence-corrected chi connectivity index (χ4v) is 1.72. The maximum Gasteiger partial charge on any atom is 0.00948 e. The van der Waals surface area contributed by atoms with E-state index in [1.54, 1.807) is 0 Å². The quantitative estimate of drug-likeness (QED) is 0.605. The van der Waals surface area contributed by atoms with Gasteiger partial charge in [0, 0.05) is 6.04 Å². The predicted molar refractivity (Wildman–Crippen MR) is 61.0 cm³/mol. The van der Waals surface area contributed by atoms with Gasteiger partial charge >= 0.3 is 0 Å². The minimum absolute atomic E-state index is 0.534. The van der Waals surface area contributed by atoms with Gasteiger partial charge < -0.3 is 4.90 Å². The van der Waals surface area contributed by atoms with Crippen LogP contribution in [-0.4, -0.2) is 25.0 Å². The summed E-state index contributed by atoms with van der Waals surface area (Å²) in [6.07, 6.45) is 2.80. The number of hydrogen-bond donors (Lipinski definition) is 0. The summed E-state index contributed by atoms with van der Waals surface area (Å²) in [7, 11) is 4.37. The van der Waals surface area contributed by atoms with Gasteiger partial charge in [0.2, 0.25) is 0 Å². The van der Waals surface area contributed by atoms with Crippen molar-refractivity contribution in [2.45, 2.75) is 53.5 Å². The molecule has 0 aromatic carbocycles. The summed E-state index contributed by atoms with van der Waals surface area (Å²) in [4.78, 5) is 2.35. The van der Waals surface area contributed by atoms with Crippen LogP contribution >= 0.6 is 0 Å². The van der Waals surface area contributed by atoms with Crippen molar-refractivity contribution in [1.82, 2.24) is 4.90 Å². The molecule has 0 N–H and O–H groups in total. The van der Waals surface area contributed by atoms with Crippen molar-refractivity contribution in [1.29, 1.82) is 0 Å². The fraction of sp³-hybridized carbons (Fsp3) is 1.00. The highest BCUT2D eigenvalue weighted by atomic mass is 15.1. The van der Waals surface area contributed by atoms with Crippen molar-refractivity contribution in [3.8, 4) is 0 Å². The highest BCUT2D eigenvalue weighted by molar-refractivity contribution is 4.90. The van der Waals surface area contributed by atoms with E-state index in [4.69, 9.17) is 0 Å². The van der Waals surface area contributed by atoms with E-state index in [-0.39, 0.29) is 0 Å². The molecular formula is C12H27N. The Morgan fingerprint density at radius 1 is 1.00 bits per heavy atom. The van der Waals surface area contributed by atoms with E-state index in [1.807, 2.05) is 13.8 Å². The molecule has 1 heteroatoms. The largest absolute Gasteiger partial charge is 0.306 e. The zero-order valence-electron chi connectivity index (χ0n) is 10.5. The first-order valence-electron chi connectivity index (χ1n) is 5.57. The highest BCUT2D eigenvalue weighted by Gasteiger charge is 2.37. The lowest BCUT2D eigenvalue weighted by atomic mass is 9.65. The number of hydrogen-bond acceptors (Lipinski definition) is 1. The Morgan fingerprint density at radius 3 is 1.62 bits per heavy atom. The lowest BCUT2D eigenvalue weighted by Crippen LogP contribution is -2.45. The van der Waals surface area contributed by atoms with Crippen LogP contribution in [0.1, 0.15) is 47.5 Å². The fourth-order valence-electron chi connectivity index (χ4n) is 1.72. The summed E-state index contributed by atoms with van der Waals surface area (Å²) >= 11 is 0. The predicted octanol–water partition coefficient (Wildman–Crippen LogP) is 3.40. The van der Waals surface area contributed by atoms with Crippen molar-refractivity contribution >= 4 is 0 Å². The normalized spacial score (nSPS) is 27.7.